The molecule has 3 heterocycles. The van der Waals surface area contributed by atoms with Gasteiger partial charge in [-0.25, -0.2) is 9.97 Å². The van der Waals surface area contributed by atoms with E-state index in [9.17, 15) is 5.26 Å². The average Bonchev–Trinajstić information content (AvgIpc) is 3.28. The van der Waals surface area contributed by atoms with E-state index < -0.39 is 5.41 Å². The van der Waals surface area contributed by atoms with Crippen molar-refractivity contribution in [2.45, 2.75) is 46.6 Å². The second-order valence-corrected chi connectivity index (χ2v) is 9.31. The van der Waals surface area contributed by atoms with Gasteiger partial charge >= 0.3 is 0 Å². The molecule has 1 aliphatic heterocycles. The van der Waals surface area contributed by atoms with Gasteiger partial charge in [-0.3, -0.25) is 4.68 Å². The maximum atomic E-state index is 9.21. The quantitative estimate of drug-likeness (QED) is 0.550. The van der Waals surface area contributed by atoms with E-state index >= 15 is 0 Å². The van der Waals surface area contributed by atoms with E-state index in [2.05, 4.69) is 32.9 Å². The van der Waals surface area contributed by atoms with Gasteiger partial charge in [0, 0.05) is 18.0 Å². The van der Waals surface area contributed by atoms with Crippen molar-refractivity contribution in [2.75, 3.05) is 25.0 Å². The molecule has 1 aromatic carbocycles. The van der Waals surface area contributed by atoms with Crippen LogP contribution in [0.3, 0.4) is 0 Å². The van der Waals surface area contributed by atoms with Crippen LogP contribution in [0.15, 0.2) is 36.8 Å². The average molecular weight is 446 g/mol. The number of hydrogen-bond donors (Lipinski definition) is 2. The van der Waals surface area contributed by atoms with E-state index in [1.807, 2.05) is 63.1 Å². The molecule has 0 saturated carbocycles. The highest BCUT2D eigenvalue weighted by Crippen LogP contribution is 2.29. The highest BCUT2D eigenvalue weighted by Gasteiger charge is 2.19. The largest absolute Gasteiger partial charge is 0.492 e. The summed E-state index contributed by atoms with van der Waals surface area (Å²) in [7, 11) is 0. The molecule has 0 bridgehead atoms. The number of rotatable bonds is 7. The summed E-state index contributed by atoms with van der Waals surface area (Å²) in [6.07, 6.45) is 7.84. The van der Waals surface area contributed by atoms with Gasteiger partial charge in [-0.2, -0.15) is 10.4 Å². The second kappa shape index (κ2) is 9.59. The number of aromatic nitrogens is 4. The van der Waals surface area contributed by atoms with Gasteiger partial charge in [0.05, 0.1) is 35.1 Å². The monoisotopic (exact) mass is 445 g/mol. The first-order valence-electron chi connectivity index (χ1n) is 11.4. The lowest BCUT2D eigenvalue weighted by Crippen LogP contribution is -2.29. The standard InChI is InChI=1S/C25H31N7O/c1-17-11-19(5-6-22(17)33-16-25(3,4)15-26)23-18(2)12-28-24(31-23)30-20-13-29-32(14-20)21-7-9-27-10-8-21/h5-6,11-14,21,27H,7-10,16H2,1-4H3,(H,28,30,31). The van der Waals surface area contributed by atoms with Crippen LogP contribution in [0, 0.1) is 30.6 Å². The molecule has 0 radical (unpaired) electrons. The minimum atomic E-state index is -0.531. The molecule has 0 atom stereocenters. The van der Waals surface area contributed by atoms with Gasteiger partial charge in [0.25, 0.3) is 0 Å². The molecular weight excluding hydrogens is 414 g/mol. The number of benzene rings is 1. The molecule has 1 fully saturated rings. The van der Waals surface area contributed by atoms with Crippen molar-refractivity contribution in [3.63, 3.8) is 0 Å². The first-order chi connectivity index (χ1) is 15.8. The number of aryl methyl sites for hydroxylation is 2. The third-order valence-electron chi connectivity index (χ3n) is 5.85. The van der Waals surface area contributed by atoms with Gasteiger partial charge in [0.15, 0.2) is 0 Å². The zero-order valence-corrected chi connectivity index (χ0v) is 19.7. The normalized spacial score (nSPS) is 14.6. The lowest BCUT2D eigenvalue weighted by Gasteiger charge is -2.22. The molecule has 2 N–H and O–H groups in total. The number of piperidine rings is 1. The van der Waals surface area contributed by atoms with Gasteiger partial charge in [-0.15, -0.1) is 0 Å². The molecule has 4 rings (SSSR count). The van der Waals surface area contributed by atoms with Gasteiger partial charge in [-0.05, 0) is 83.0 Å². The Bertz CT molecular complexity index is 1160. The van der Waals surface area contributed by atoms with Gasteiger partial charge in [-0.1, -0.05) is 0 Å². The minimum Gasteiger partial charge on any atom is -0.492 e. The summed E-state index contributed by atoms with van der Waals surface area (Å²) in [6.45, 7) is 10.1. The Morgan fingerprint density at radius 1 is 1.21 bits per heavy atom. The van der Waals surface area contributed by atoms with Crippen molar-refractivity contribution in [2.24, 2.45) is 5.41 Å². The predicted molar refractivity (Wildman–Crippen MR) is 128 cm³/mol. The molecule has 8 heteroatoms. The van der Waals surface area contributed by atoms with Crippen LogP contribution >= 0.6 is 0 Å². The van der Waals surface area contributed by atoms with Crippen LogP contribution in [0.4, 0.5) is 11.6 Å². The molecule has 0 aliphatic carbocycles. The Kier molecular flexibility index (Phi) is 6.61. The molecular formula is C25H31N7O. The predicted octanol–water partition coefficient (Wildman–Crippen LogP) is 4.55. The number of ether oxygens (including phenoxy) is 1. The number of anilines is 2. The smallest absolute Gasteiger partial charge is 0.227 e. The Balaban J connectivity index is 1.50. The Labute approximate surface area is 195 Å². The van der Waals surface area contributed by atoms with Gasteiger partial charge in [0.1, 0.15) is 12.4 Å². The summed E-state index contributed by atoms with van der Waals surface area (Å²) in [5, 5.41) is 20.4. The fourth-order valence-corrected chi connectivity index (χ4v) is 3.85. The molecule has 1 aliphatic rings. The number of nitrogens with one attached hydrogen (secondary N) is 2. The van der Waals surface area contributed by atoms with Crippen molar-refractivity contribution in [3.8, 4) is 23.1 Å². The fraction of sp³-hybridized carbons (Fsp3) is 0.440. The minimum absolute atomic E-state index is 0.343. The van der Waals surface area contributed by atoms with Crippen LogP contribution < -0.4 is 15.4 Å². The third-order valence-corrected chi connectivity index (χ3v) is 5.85. The van der Waals surface area contributed by atoms with E-state index in [0.29, 0.717) is 18.6 Å². The molecule has 172 valence electrons. The SMILES string of the molecule is Cc1cc(-c2nc(Nc3cnn(C4CCNCC4)c3)ncc2C)ccc1OCC(C)(C)C#N. The van der Waals surface area contributed by atoms with E-state index in [1.165, 1.54) is 0 Å². The Hall–Kier alpha value is -3.44. The maximum Gasteiger partial charge on any atom is 0.227 e. The summed E-state index contributed by atoms with van der Waals surface area (Å²) in [5.41, 5.74) is 4.19. The first-order valence-corrected chi connectivity index (χ1v) is 11.4. The first kappa shape index (κ1) is 22.7. The lowest BCUT2D eigenvalue weighted by atomic mass is 9.97. The third kappa shape index (κ3) is 5.49. The van der Waals surface area contributed by atoms with E-state index in [4.69, 9.17) is 9.72 Å². The molecule has 33 heavy (non-hydrogen) atoms. The zero-order chi connectivity index (χ0) is 23.4. The van der Waals surface area contributed by atoms with E-state index in [0.717, 1.165) is 59.8 Å². The lowest BCUT2D eigenvalue weighted by molar-refractivity contribution is 0.226. The van der Waals surface area contributed by atoms with Crippen LogP contribution in [0.5, 0.6) is 5.75 Å². The topological polar surface area (TPSA) is 101 Å². The van der Waals surface area contributed by atoms with Crippen molar-refractivity contribution in [3.05, 3.63) is 47.9 Å². The Morgan fingerprint density at radius 3 is 2.73 bits per heavy atom. The van der Waals surface area contributed by atoms with E-state index in [-0.39, 0.29) is 0 Å². The number of hydrogen-bond acceptors (Lipinski definition) is 7. The number of nitrogens with zero attached hydrogens (tertiary/aromatic N) is 5. The zero-order valence-electron chi connectivity index (χ0n) is 19.7. The number of nitriles is 1. The van der Waals surface area contributed by atoms with Crippen molar-refractivity contribution < 1.29 is 4.74 Å². The molecule has 0 spiro atoms. The summed E-state index contributed by atoms with van der Waals surface area (Å²) >= 11 is 0. The van der Waals surface area contributed by atoms with Gasteiger partial charge < -0.3 is 15.4 Å². The van der Waals surface area contributed by atoms with Crippen LogP contribution in [0.25, 0.3) is 11.3 Å². The molecule has 2 aromatic heterocycles. The second-order valence-electron chi connectivity index (χ2n) is 9.31. The van der Waals surface area contributed by atoms with Gasteiger partial charge in [0.2, 0.25) is 5.95 Å². The van der Waals surface area contributed by atoms with E-state index in [1.54, 1.807) is 0 Å². The molecule has 0 amide bonds. The van der Waals surface area contributed by atoms with Crippen molar-refractivity contribution in [1.82, 2.24) is 25.1 Å². The molecule has 8 nitrogen and oxygen atoms in total. The van der Waals surface area contributed by atoms with Crippen LogP contribution in [-0.4, -0.2) is 39.4 Å². The summed E-state index contributed by atoms with van der Waals surface area (Å²) < 4.78 is 7.92. The van der Waals surface area contributed by atoms with Crippen LogP contribution in [0.2, 0.25) is 0 Å². The Morgan fingerprint density at radius 2 is 2.00 bits per heavy atom. The fourth-order valence-electron chi connectivity index (χ4n) is 3.85. The summed E-state index contributed by atoms with van der Waals surface area (Å²) in [6, 6.07) is 8.69. The van der Waals surface area contributed by atoms with Crippen LogP contribution in [-0.2, 0) is 0 Å². The maximum absolute atomic E-state index is 9.21. The highest BCUT2D eigenvalue weighted by molar-refractivity contribution is 5.66. The molecule has 3 aromatic rings. The van der Waals surface area contributed by atoms with Crippen LogP contribution in [0.1, 0.15) is 43.9 Å². The summed E-state index contributed by atoms with van der Waals surface area (Å²) in [4.78, 5) is 9.24. The van der Waals surface area contributed by atoms with Crippen molar-refractivity contribution in [1.29, 1.82) is 5.26 Å². The molecule has 0 unspecified atom stereocenters. The van der Waals surface area contributed by atoms with Crippen molar-refractivity contribution >= 4 is 11.6 Å². The summed E-state index contributed by atoms with van der Waals surface area (Å²) in [5.74, 6) is 1.31. The highest BCUT2D eigenvalue weighted by atomic mass is 16.5. The molecule has 1 saturated heterocycles.